The highest BCUT2D eigenvalue weighted by Crippen LogP contribution is 2.12. The first kappa shape index (κ1) is 22.7. The molecule has 0 aromatic rings. The lowest BCUT2D eigenvalue weighted by Crippen LogP contribution is -2.44. The lowest BCUT2D eigenvalue weighted by molar-refractivity contribution is 0.0323. The first-order valence-corrected chi connectivity index (χ1v) is 10.6. The topological polar surface area (TPSA) is 78.4 Å². The maximum atomic E-state index is 12.0. The van der Waals surface area contributed by atoms with Crippen LogP contribution in [0.4, 0.5) is 4.79 Å². The minimum atomic E-state index is -0.477. The molecule has 0 aromatic heterocycles. The van der Waals surface area contributed by atoms with Crippen molar-refractivity contribution in [1.29, 1.82) is 0 Å². The molecule has 2 atom stereocenters. The fourth-order valence-electron chi connectivity index (χ4n) is 3.50. The van der Waals surface area contributed by atoms with Crippen LogP contribution in [0.5, 0.6) is 0 Å². The molecule has 0 aromatic carbocycles. The average Bonchev–Trinajstić information content (AvgIpc) is 3.06. The number of alkyl carbamates (subject to hydrolysis) is 1. The fraction of sp³-hybridized carbons (Fsp3) is 0.900. The Balaban J connectivity index is 1.81. The van der Waals surface area contributed by atoms with Gasteiger partial charge in [-0.2, -0.15) is 0 Å². The number of likely N-dealkylation sites (tertiary alicyclic amines) is 1. The molecule has 2 saturated heterocycles. The van der Waals surface area contributed by atoms with Crippen LogP contribution in [0.25, 0.3) is 0 Å². The summed E-state index contributed by atoms with van der Waals surface area (Å²) in [7, 11) is 0. The van der Waals surface area contributed by atoms with Crippen LogP contribution in [0.15, 0.2) is 4.99 Å². The van der Waals surface area contributed by atoms with Gasteiger partial charge in [0.1, 0.15) is 5.60 Å². The van der Waals surface area contributed by atoms with E-state index >= 15 is 0 Å². The lowest BCUT2D eigenvalue weighted by atomic mass is 10.1. The molecule has 0 spiro atoms. The van der Waals surface area contributed by atoms with Gasteiger partial charge in [-0.05, 0) is 40.0 Å². The quantitative estimate of drug-likeness (QED) is 0.523. The molecule has 2 aliphatic rings. The van der Waals surface area contributed by atoms with Crippen molar-refractivity contribution in [1.82, 2.24) is 20.4 Å². The number of ether oxygens (including phenoxy) is 2. The summed E-state index contributed by atoms with van der Waals surface area (Å²) < 4.78 is 10.8. The van der Waals surface area contributed by atoms with E-state index in [4.69, 9.17) is 14.5 Å². The third-order valence-electron chi connectivity index (χ3n) is 4.77. The van der Waals surface area contributed by atoms with Crippen molar-refractivity contribution in [3.05, 3.63) is 0 Å². The maximum Gasteiger partial charge on any atom is 0.407 e. The highest BCUT2D eigenvalue weighted by atomic mass is 16.6. The number of nitrogens with one attached hydrogen (secondary N) is 2. The molecule has 1 amide bonds. The predicted octanol–water partition coefficient (Wildman–Crippen LogP) is 1.52. The fourth-order valence-corrected chi connectivity index (χ4v) is 3.50. The van der Waals surface area contributed by atoms with Crippen LogP contribution in [0, 0.1) is 5.92 Å². The first-order valence-electron chi connectivity index (χ1n) is 10.6. The van der Waals surface area contributed by atoms with Gasteiger partial charge in [-0.15, -0.1) is 0 Å². The Hall–Kier alpha value is -1.54. The minimum Gasteiger partial charge on any atom is -0.444 e. The summed E-state index contributed by atoms with van der Waals surface area (Å²) in [5.74, 6) is 1.43. The third kappa shape index (κ3) is 8.22. The Labute approximate surface area is 170 Å². The second-order valence-corrected chi connectivity index (χ2v) is 8.79. The average molecular weight is 398 g/mol. The Morgan fingerprint density at radius 1 is 1.29 bits per heavy atom. The van der Waals surface area contributed by atoms with Gasteiger partial charge in [0.2, 0.25) is 0 Å². The van der Waals surface area contributed by atoms with E-state index in [1.807, 2.05) is 20.8 Å². The number of hydrogen-bond acceptors (Lipinski definition) is 5. The van der Waals surface area contributed by atoms with Crippen LogP contribution >= 0.6 is 0 Å². The largest absolute Gasteiger partial charge is 0.444 e. The van der Waals surface area contributed by atoms with Crippen LogP contribution in [0.3, 0.4) is 0 Å². The molecule has 2 N–H and O–H groups in total. The highest BCUT2D eigenvalue weighted by molar-refractivity contribution is 5.80. The third-order valence-corrected chi connectivity index (χ3v) is 4.77. The number of aliphatic imine (C=N–C) groups is 1. The van der Waals surface area contributed by atoms with Crippen molar-refractivity contribution in [2.24, 2.45) is 10.9 Å². The molecule has 2 fully saturated rings. The number of amides is 1. The molecule has 8 nitrogen and oxygen atoms in total. The molecule has 2 aliphatic heterocycles. The first-order chi connectivity index (χ1) is 13.3. The summed E-state index contributed by atoms with van der Waals surface area (Å²) >= 11 is 0. The van der Waals surface area contributed by atoms with E-state index in [0.717, 1.165) is 71.4 Å². The van der Waals surface area contributed by atoms with Crippen molar-refractivity contribution >= 4 is 12.1 Å². The number of hydrogen-bond donors (Lipinski definition) is 2. The monoisotopic (exact) mass is 397 g/mol. The molecule has 28 heavy (non-hydrogen) atoms. The van der Waals surface area contributed by atoms with E-state index in [-0.39, 0.29) is 12.1 Å². The van der Waals surface area contributed by atoms with Crippen molar-refractivity contribution in [2.75, 3.05) is 59.0 Å². The second kappa shape index (κ2) is 10.9. The smallest absolute Gasteiger partial charge is 0.407 e. The summed E-state index contributed by atoms with van der Waals surface area (Å²) in [5.41, 5.74) is -0.477. The van der Waals surface area contributed by atoms with Gasteiger partial charge in [0.25, 0.3) is 0 Å². The minimum absolute atomic E-state index is 0.0875. The number of rotatable bonds is 6. The molecule has 0 bridgehead atoms. The van der Waals surface area contributed by atoms with E-state index < -0.39 is 5.60 Å². The molecule has 2 unspecified atom stereocenters. The Bertz CT molecular complexity index is 514. The molecule has 0 saturated carbocycles. The van der Waals surface area contributed by atoms with Crippen molar-refractivity contribution < 1.29 is 14.3 Å². The van der Waals surface area contributed by atoms with E-state index in [1.54, 1.807) is 0 Å². The molecule has 162 valence electrons. The summed E-state index contributed by atoms with van der Waals surface area (Å²) in [6, 6.07) is 0.0875. The summed E-state index contributed by atoms with van der Waals surface area (Å²) in [6.07, 6.45) is 0.549. The number of carbonyl (C=O) groups is 1. The van der Waals surface area contributed by atoms with E-state index in [2.05, 4.69) is 34.3 Å². The van der Waals surface area contributed by atoms with Gasteiger partial charge >= 0.3 is 6.09 Å². The zero-order valence-electron chi connectivity index (χ0n) is 18.3. The van der Waals surface area contributed by atoms with Gasteiger partial charge in [-0.25, -0.2) is 4.79 Å². The summed E-state index contributed by atoms with van der Waals surface area (Å²) in [6.45, 7) is 18.0. The van der Waals surface area contributed by atoms with Crippen LogP contribution in [0.2, 0.25) is 0 Å². The van der Waals surface area contributed by atoms with Gasteiger partial charge in [0, 0.05) is 45.8 Å². The molecular formula is C20H39N5O3. The number of morpholine rings is 1. The summed E-state index contributed by atoms with van der Waals surface area (Å²) in [4.78, 5) is 21.6. The summed E-state index contributed by atoms with van der Waals surface area (Å²) in [5, 5.41) is 6.37. The predicted molar refractivity (Wildman–Crippen MR) is 112 cm³/mol. The molecule has 8 heteroatoms. The van der Waals surface area contributed by atoms with Crippen molar-refractivity contribution in [2.45, 2.75) is 52.7 Å². The number of nitrogens with zero attached hydrogens (tertiary/aromatic N) is 3. The number of guanidine groups is 1. The Morgan fingerprint density at radius 2 is 2.00 bits per heavy atom. The van der Waals surface area contributed by atoms with E-state index in [1.165, 1.54) is 0 Å². The van der Waals surface area contributed by atoms with E-state index in [9.17, 15) is 4.79 Å². The molecular weight excluding hydrogens is 358 g/mol. The maximum absolute atomic E-state index is 12.0. The van der Waals surface area contributed by atoms with Gasteiger partial charge in [-0.3, -0.25) is 9.89 Å². The van der Waals surface area contributed by atoms with Gasteiger partial charge in [0.15, 0.2) is 5.96 Å². The molecule has 0 aliphatic carbocycles. The van der Waals surface area contributed by atoms with Crippen LogP contribution in [-0.4, -0.2) is 92.5 Å². The Morgan fingerprint density at radius 3 is 2.64 bits per heavy atom. The molecule has 2 rings (SSSR count). The number of carbonyl (C=O) groups excluding carboxylic acids is 1. The Kier molecular flexibility index (Phi) is 8.82. The van der Waals surface area contributed by atoms with Crippen molar-refractivity contribution in [3.63, 3.8) is 0 Å². The molecule has 0 radical (unpaired) electrons. The van der Waals surface area contributed by atoms with Gasteiger partial charge in [0.05, 0.1) is 19.3 Å². The zero-order chi connectivity index (χ0) is 20.6. The second-order valence-electron chi connectivity index (χ2n) is 8.79. The molecule has 2 heterocycles. The highest BCUT2D eigenvalue weighted by Gasteiger charge is 2.28. The van der Waals surface area contributed by atoms with Crippen molar-refractivity contribution in [3.8, 4) is 0 Å². The normalized spacial score (nSPS) is 22.8. The van der Waals surface area contributed by atoms with Crippen LogP contribution in [-0.2, 0) is 9.47 Å². The van der Waals surface area contributed by atoms with Gasteiger partial charge < -0.3 is 25.0 Å². The van der Waals surface area contributed by atoms with E-state index in [0.29, 0.717) is 5.92 Å². The van der Waals surface area contributed by atoms with Crippen LogP contribution < -0.4 is 10.6 Å². The van der Waals surface area contributed by atoms with Gasteiger partial charge in [-0.1, -0.05) is 6.92 Å². The lowest BCUT2D eigenvalue weighted by Gasteiger charge is -2.29. The van der Waals surface area contributed by atoms with Crippen LogP contribution in [0.1, 0.15) is 41.0 Å². The standard InChI is InChI=1S/C20H39N5O3/c1-6-21-18(22-13-16(2)14-24-9-11-27-12-10-24)25-8-7-17(15-25)23-19(26)28-20(3,4)5/h16-17H,6-15H2,1-5H3,(H,21,22)(H,23,26). The SMILES string of the molecule is CCNC(=NCC(C)CN1CCOCC1)N1CCC(NC(=O)OC(C)(C)C)C1. The zero-order valence-corrected chi connectivity index (χ0v) is 18.3.